The molecular weight excluding hydrogens is 307 g/mol. The van der Waals surface area contributed by atoms with Crippen molar-refractivity contribution in [2.24, 2.45) is 0 Å². The molecular formula is C15H13FN2O3S. The second-order valence-corrected chi connectivity index (χ2v) is 5.75. The molecule has 1 aromatic carbocycles. The molecule has 0 aliphatic carbocycles. The van der Waals surface area contributed by atoms with Gasteiger partial charge in [-0.25, -0.2) is 14.2 Å². The van der Waals surface area contributed by atoms with E-state index in [2.05, 4.69) is 10.3 Å². The number of hydrogen-bond acceptors (Lipinski definition) is 4. The van der Waals surface area contributed by atoms with Crippen LogP contribution in [0.2, 0.25) is 0 Å². The van der Waals surface area contributed by atoms with Gasteiger partial charge in [-0.15, -0.1) is 11.3 Å². The van der Waals surface area contributed by atoms with Gasteiger partial charge in [-0.3, -0.25) is 10.1 Å². The summed E-state index contributed by atoms with van der Waals surface area (Å²) in [7, 11) is 0. The highest BCUT2D eigenvalue weighted by molar-refractivity contribution is 7.16. The summed E-state index contributed by atoms with van der Waals surface area (Å²) in [6.07, 6.45) is 0.830. The van der Waals surface area contributed by atoms with Gasteiger partial charge in [0.2, 0.25) is 0 Å². The molecule has 0 bridgehead atoms. The summed E-state index contributed by atoms with van der Waals surface area (Å²) in [6.45, 7) is 3.25. The molecule has 1 heterocycles. The predicted octanol–water partition coefficient (Wildman–Crippen LogP) is 3.23. The summed E-state index contributed by atoms with van der Waals surface area (Å²) in [5, 5.41) is 11.5. The van der Waals surface area contributed by atoms with Crippen LogP contribution in [0.25, 0.3) is 11.3 Å². The van der Waals surface area contributed by atoms with Gasteiger partial charge in [-0.1, -0.05) is 0 Å². The van der Waals surface area contributed by atoms with E-state index in [1.54, 1.807) is 12.1 Å². The third-order valence-electron chi connectivity index (χ3n) is 2.83. The Balaban J connectivity index is 2.21. The van der Waals surface area contributed by atoms with Crippen LogP contribution in [0.1, 0.15) is 11.8 Å². The third-order valence-corrected chi connectivity index (χ3v) is 3.72. The zero-order valence-electron chi connectivity index (χ0n) is 11.9. The number of carboxylic acid groups (broad SMARTS) is 1. The van der Waals surface area contributed by atoms with Crippen LogP contribution in [-0.2, 0) is 9.59 Å². The molecule has 5 nitrogen and oxygen atoms in total. The van der Waals surface area contributed by atoms with E-state index in [1.807, 2.05) is 6.92 Å². The SMILES string of the molecule is C/C(=C/C(=O)O)C(=O)Nc1nc(-c2ccc(F)cc2)c(C)s1. The van der Waals surface area contributed by atoms with Crippen LogP contribution in [0.3, 0.4) is 0 Å². The second kappa shape index (κ2) is 6.48. The molecule has 0 aliphatic rings. The Hall–Kier alpha value is -2.54. The fourth-order valence-electron chi connectivity index (χ4n) is 1.77. The number of anilines is 1. The lowest BCUT2D eigenvalue weighted by molar-refractivity contribution is -0.131. The minimum atomic E-state index is -1.19. The van der Waals surface area contributed by atoms with E-state index >= 15 is 0 Å². The van der Waals surface area contributed by atoms with Gasteiger partial charge in [-0.2, -0.15) is 0 Å². The Labute approximate surface area is 130 Å². The van der Waals surface area contributed by atoms with E-state index in [1.165, 1.54) is 30.4 Å². The number of nitrogens with one attached hydrogen (secondary N) is 1. The van der Waals surface area contributed by atoms with E-state index in [9.17, 15) is 14.0 Å². The zero-order valence-corrected chi connectivity index (χ0v) is 12.7. The first-order valence-electron chi connectivity index (χ1n) is 6.33. The molecule has 0 spiro atoms. The van der Waals surface area contributed by atoms with Gasteiger partial charge in [0, 0.05) is 22.1 Å². The van der Waals surface area contributed by atoms with Crippen LogP contribution >= 0.6 is 11.3 Å². The molecule has 114 valence electrons. The van der Waals surface area contributed by atoms with Crippen molar-refractivity contribution in [1.29, 1.82) is 0 Å². The Morgan fingerprint density at radius 1 is 1.32 bits per heavy atom. The number of thiazole rings is 1. The third kappa shape index (κ3) is 3.76. The molecule has 0 unspecified atom stereocenters. The van der Waals surface area contributed by atoms with Gasteiger partial charge in [-0.05, 0) is 38.1 Å². The monoisotopic (exact) mass is 320 g/mol. The van der Waals surface area contributed by atoms with Gasteiger partial charge in [0.15, 0.2) is 5.13 Å². The van der Waals surface area contributed by atoms with Crippen LogP contribution in [0.5, 0.6) is 0 Å². The van der Waals surface area contributed by atoms with E-state index in [-0.39, 0.29) is 11.4 Å². The molecule has 0 fully saturated rings. The molecule has 0 atom stereocenters. The Morgan fingerprint density at radius 3 is 2.55 bits per heavy atom. The lowest BCUT2D eigenvalue weighted by atomic mass is 10.1. The first-order chi connectivity index (χ1) is 10.4. The molecule has 2 rings (SSSR count). The number of carbonyl (C=O) groups is 2. The minimum Gasteiger partial charge on any atom is -0.478 e. The number of carbonyl (C=O) groups excluding carboxylic acids is 1. The van der Waals surface area contributed by atoms with Crippen molar-refractivity contribution in [3.05, 3.63) is 46.6 Å². The average Bonchev–Trinajstić information content (AvgIpc) is 2.79. The van der Waals surface area contributed by atoms with Crippen LogP contribution in [0.4, 0.5) is 9.52 Å². The van der Waals surface area contributed by atoms with Gasteiger partial charge in [0.25, 0.3) is 5.91 Å². The maximum Gasteiger partial charge on any atom is 0.328 e. The number of carboxylic acids is 1. The highest BCUT2D eigenvalue weighted by Gasteiger charge is 2.13. The number of rotatable bonds is 4. The molecule has 2 N–H and O–H groups in total. The number of nitrogens with zero attached hydrogens (tertiary/aromatic N) is 1. The van der Waals surface area contributed by atoms with Crippen LogP contribution in [0, 0.1) is 12.7 Å². The first kappa shape index (κ1) is 15.8. The number of aliphatic carboxylic acids is 1. The molecule has 1 amide bonds. The standard InChI is InChI=1S/C15H13FN2O3S/c1-8(7-12(19)20)14(21)18-15-17-13(9(2)22-15)10-3-5-11(16)6-4-10/h3-7H,1-2H3,(H,19,20)(H,17,18,21)/b8-7-. The quantitative estimate of drug-likeness (QED) is 0.848. The molecule has 0 saturated heterocycles. The first-order valence-corrected chi connectivity index (χ1v) is 7.14. The summed E-state index contributed by atoms with van der Waals surface area (Å²) in [5.41, 5.74) is 1.47. The lowest BCUT2D eigenvalue weighted by Crippen LogP contribution is -2.13. The van der Waals surface area contributed by atoms with Crippen molar-refractivity contribution in [2.45, 2.75) is 13.8 Å². The predicted molar refractivity (Wildman–Crippen MR) is 82.3 cm³/mol. The fraction of sp³-hybridized carbons (Fsp3) is 0.133. The van der Waals surface area contributed by atoms with Gasteiger partial charge < -0.3 is 5.11 Å². The van der Waals surface area contributed by atoms with Gasteiger partial charge in [0.1, 0.15) is 5.82 Å². The molecule has 2 aromatic rings. The Morgan fingerprint density at radius 2 is 1.95 bits per heavy atom. The van der Waals surface area contributed by atoms with Crippen molar-refractivity contribution in [3.63, 3.8) is 0 Å². The second-order valence-electron chi connectivity index (χ2n) is 4.55. The summed E-state index contributed by atoms with van der Waals surface area (Å²) in [5.74, 6) is -2.05. The van der Waals surface area contributed by atoms with Crippen LogP contribution < -0.4 is 5.32 Å². The number of aromatic nitrogens is 1. The van der Waals surface area contributed by atoms with Crippen molar-refractivity contribution in [1.82, 2.24) is 4.98 Å². The number of aryl methyl sites for hydroxylation is 1. The van der Waals surface area contributed by atoms with Crippen LogP contribution in [0.15, 0.2) is 35.9 Å². The Kier molecular flexibility index (Phi) is 4.67. The highest BCUT2D eigenvalue weighted by atomic mass is 32.1. The molecule has 7 heteroatoms. The van der Waals surface area contributed by atoms with E-state index in [4.69, 9.17) is 5.11 Å². The lowest BCUT2D eigenvalue weighted by Gasteiger charge is -2.00. The van der Waals surface area contributed by atoms with Crippen molar-refractivity contribution >= 4 is 28.3 Å². The Bertz CT molecular complexity index is 751. The van der Waals surface area contributed by atoms with Crippen molar-refractivity contribution in [3.8, 4) is 11.3 Å². The maximum absolute atomic E-state index is 12.9. The molecule has 22 heavy (non-hydrogen) atoms. The van der Waals surface area contributed by atoms with Gasteiger partial charge >= 0.3 is 5.97 Å². The van der Waals surface area contributed by atoms with E-state index in [0.717, 1.165) is 16.5 Å². The zero-order chi connectivity index (χ0) is 16.3. The number of benzene rings is 1. The minimum absolute atomic E-state index is 0.0729. The smallest absolute Gasteiger partial charge is 0.328 e. The fourth-order valence-corrected chi connectivity index (χ4v) is 2.60. The van der Waals surface area contributed by atoms with E-state index < -0.39 is 11.9 Å². The average molecular weight is 320 g/mol. The number of amides is 1. The van der Waals surface area contributed by atoms with Gasteiger partial charge in [0.05, 0.1) is 5.69 Å². The summed E-state index contributed by atoms with van der Waals surface area (Å²) >= 11 is 1.27. The molecule has 0 radical (unpaired) electrons. The van der Waals surface area contributed by atoms with Crippen molar-refractivity contribution in [2.75, 3.05) is 5.32 Å². The number of hydrogen-bond donors (Lipinski definition) is 2. The normalized spacial score (nSPS) is 11.3. The summed E-state index contributed by atoms with van der Waals surface area (Å²) in [6, 6.07) is 5.90. The largest absolute Gasteiger partial charge is 0.478 e. The highest BCUT2D eigenvalue weighted by Crippen LogP contribution is 2.30. The summed E-state index contributed by atoms with van der Waals surface area (Å²) in [4.78, 5) is 27.5. The summed E-state index contributed by atoms with van der Waals surface area (Å²) < 4.78 is 12.9. The molecule has 1 aromatic heterocycles. The number of halogens is 1. The van der Waals surface area contributed by atoms with E-state index in [0.29, 0.717) is 10.8 Å². The molecule has 0 saturated carbocycles. The van der Waals surface area contributed by atoms with Crippen LogP contribution in [-0.4, -0.2) is 22.0 Å². The maximum atomic E-state index is 12.9. The molecule has 0 aliphatic heterocycles. The van der Waals surface area contributed by atoms with Crippen molar-refractivity contribution < 1.29 is 19.1 Å². The topological polar surface area (TPSA) is 79.3 Å².